The van der Waals surface area contributed by atoms with E-state index >= 15 is 0 Å². The van der Waals surface area contributed by atoms with Gasteiger partial charge in [0, 0.05) is 30.6 Å². The van der Waals surface area contributed by atoms with E-state index in [4.69, 9.17) is 10.5 Å². The first-order valence-corrected chi connectivity index (χ1v) is 6.37. The van der Waals surface area contributed by atoms with Gasteiger partial charge >= 0.3 is 0 Å². The zero-order chi connectivity index (χ0) is 12.3. The third kappa shape index (κ3) is 2.79. The molecular formula is C14H22N2O. The van der Waals surface area contributed by atoms with E-state index in [-0.39, 0.29) is 0 Å². The van der Waals surface area contributed by atoms with E-state index in [1.807, 2.05) is 12.1 Å². The number of para-hydroxylation sites is 1. The predicted octanol–water partition coefficient (Wildman–Crippen LogP) is 1.74. The Morgan fingerprint density at radius 3 is 2.88 bits per heavy atom. The molecule has 0 bridgehead atoms. The molecular weight excluding hydrogens is 212 g/mol. The van der Waals surface area contributed by atoms with E-state index in [2.05, 4.69) is 31.3 Å². The van der Waals surface area contributed by atoms with Crippen LogP contribution >= 0.6 is 0 Å². The molecule has 0 aromatic heterocycles. The maximum absolute atomic E-state index is 5.76. The van der Waals surface area contributed by atoms with Gasteiger partial charge in [-0.2, -0.15) is 0 Å². The number of nitrogens with one attached hydrogen (secondary N) is 1. The van der Waals surface area contributed by atoms with Gasteiger partial charge < -0.3 is 15.8 Å². The number of ether oxygens (including phenoxy) is 1. The lowest BCUT2D eigenvalue weighted by molar-refractivity contribution is 0.314. The number of rotatable bonds is 5. The Bertz CT molecular complexity index is 365. The first-order valence-electron chi connectivity index (χ1n) is 6.37. The van der Waals surface area contributed by atoms with Crippen molar-refractivity contribution in [3.05, 3.63) is 29.8 Å². The second-order valence-electron chi connectivity index (χ2n) is 5.04. The van der Waals surface area contributed by atoms with Crippen molar-refractivity contribution >= 4 is 0 Å². The van der Waals surface area contributed by atoms with Gasteiger partial charge in [0.2, 0.25) is 0 Å². The van der Waals surface area contributed by atoms with E-state index in [0.717, 1.165) is 18.9 Å². The highest BCUT2D eigenvalue weighted by Crippen LogP contribution is 2.32. The molecule has 2 unspecified atom stereocenters. The van der Waals surface area contributed by atoms with Crippen LogP contribution in [0.2, 0.25) is 0 Å². The quantitative estimate of drug-likeness (QED) is 0.815. The minimum atomic E-state index is 0.391. The van der Waals surface area contributed by atoms with E-state index in [9.17, 15) is 0 Å². The topological polar surface area (TPSA) is 47.3 Å². The molecule has 1 heterocycles. The highest BCUT2D eigenvalue weighted by molar-refractivity contribution is 5.39. The smallest absolute Gasteiger partial charge is 0.122 e. The lowest BCUT2D eigenvalue weighted by atomic mass is 9.99. The summed E-state index contributed by atoms with van der Waals surface area (Å²) in [5.74, 6) is 2.06. The zero-order valence-corrected chi connectivity index (χ0v) is 10.6. The van der Waals surface area contributed by atoms with Crippen LogP contribution in [0.1, 0.15) is 25.3 Å². The van der Waals surface area contributed by atoms with Crippen molar-refractivity contribution < 1.29 is 4.74 Å². The van der Waals surface area contributed by atoms with Gasteiger partial charge in [0.15, 0.2) is 0 Å². The predicted molar refractivity (Wildman–Crippen MR) is 70.4 cm³/mol. The molecule has 1 aromatic carbocycles. The zero-order valence-electron chi connectivity index (χ0n) is 10.6. The van der Waals surface area contributed by atoms with Crippen LogP contribution in [0.5, 0.6) is 5.75 Å². The number of benzene rings is 1. The Morgan fingerprint density at radius 1 is 1.41 bits per heavy atom. The molecule has 3 nitrogen and oxygen atoms in total. The molecule has 0 radical (unpaired) electrons. The molecule has 0 spiro atoms. The van der Waals surface area contributed by atoms with Gasteiger partial charge in [-0.25, -0.2) is 0 Å². The van der Waals surface area contributed by atoms with Gasteiger partial charge in [-0.05, 0) is 12.0 Å². The van der Waals surface area contributed by atoms with Gasteiger partial charge in [-0.3, -0.25) is 0 Å². The average molecular weight is 234 g/mol. The number of fused-ring (bicyclic) bond motifs is 1. The Labute approximate surface area is 103 Å². The van der Waals surface area contributed by atoms with Crippen LogP contribution in [0.15, 0.2) is 24.3 Å². The van der Waals surface area contributed by atoms with E-state index in [1.165, 1.54) is 5.56 Å². The highest BCUT2D eigenvalue weighted by atomic mass is 16.5. The third-order valence-corrected chi connectivity index (χ3v) is 3.48. The third-order valence-electron chi connectivity index (χ3n) is 3.48. The van der Waals surface area contributed by atoms with Gasteiger partial charge in [0.25, 0.3) is 0 Å². The first-order chi connectivity index (χ1) is 8.22. The summed E-state index contributed by atoms with van der Waals surface area (Å²) in [7, 11) is 0. The van der Waals surface area contributed by atoms with Crippen molar-refractivity contribution in [2.24, 2.45) is 11.7 Å². The average Bonchev–Trinajstić information content (AvgIpc) is 2.73. The van der Waals surface area contributed by atoms with Crippen molar-refractivity contribution in [2.75, 3.05) is 19.7 Å². The van der Waals surface area contributed by atoms with Crippen LogP contribution in [0.4, 0.5) is 0 Å². The minimum absolute atomic E-state index is 0.391. The van der Waals surface area contributed by atoms with Crippen LogP contribution in [-0.4, -0.2) is 25.7 Å². The van der Waals surface area contributed by atoms with Crippen molar-refractivity contribution in [1.29, 1.82) is 0 Å². The molecule has 0 saturated heterocycles. The number of hydrogen-bond acceptors (Lipinski definition) is 3. The summed E-state index contributed by atoms with van der Waals surface area (Å²) >= 11 is 0. The maximum Gasteiger partial charge on any atom is 0.122 e. The highest BCUT2D eigenvalue weighted by Gasteiger charge is 2.24. The molecule has 1 aliphatic heterocycles. The summed E-state index contributed by atoms with van der Waals surface area (Å²) in [4.78, 5) is 0. The Balaban J connectivity index is 1.93. The fraction of sp³-hybridized carbons (Fsp3) is 0.571. The normalized spacial score (nSPS) is 20.1. The second kappa shape index (κ2) is 5.52. The standard InChI is InChI=1S/C14H22N2O/c1-10(2)13(7-15)16-8-11-9-17-14-6-4-3-5-12(11)14/h3-6,10-11,13,16H,7-9,15H2,1-2H3. The Morgan fingerprint density at radius 2 is 2.18 bits per heavy atom. The molecule has 2 rings (SSSR count). The first kappa shape index (κ1) is 12.4. The molecule has 3 N–H and O–H groups in total. The van der Waals surface area contributed by atoms with Gasteiger partial charge in [0.05, 0.1) is 6.61 Å². The monoisotopic (exact) mass is 234 g/mol. The van der Waals surface area contributed by atoms with Crippen LogP contribution in [0, 0.1) is 5.92 Å². The van der Waals surface area contributed by atoms with Crippen LogP contribution in [0.25, 0.3) is 0 Å². The van der Waals surface area contributed by atoms with E-state index in [0.29, 0.717) is 24.4 Å². The fourth-order valence-corrected chi connectivity index (χ4v) is 2.28. The molecule has 94 valence electrons. The molecule has 17 heavy (non-hydrogen) atoms. The van der Waals surface area contributed by atoms with Crippen LogP contribution < -0.4 is 15.8 Å². The fourth-order valence-electron chi connectivity index (χ4n) is 2.28. The lowest BCUT2D eigenvalue weighted by Gasteiger charge is -2.22. The second-order valence-corrected chi connectivity index (χ2v) is 5.04. The SMILES string of the molecule is CC(C)C(CN)NCC1COc2ccccc21. The number of hydrogen-bond donors (Lipinski definition) is 2. The summed E-state index contributed by atoms with van der Waals surface area (Å²) < 4.78 is 5.67. The van der Waals surface area contributed by atoms with Gasteiger partial charge in [0.1, 0.15) is 5.75 Å². The van der Waals surface area contributed by atoms with Crippen LogP contribution in [-0.2, 0) is 0 Å². The lowest BCUT2D eigenvalue weighted by Crippen LogP contribution is -2.42. The number of nitrogens with two attached hydrogens (primary N) is 1. The minimum Gasteiger partial charge on any atom is -0.493 e. The van der Waals surface area contributed by atoms with Crippen molar-refractivity contribution in [3.8, 4) is 5.75 Å². The molecule has 2 atom stereocenters. The summed E-state index contributed by atoms with van der Waals surface area (Å²) in [5.41, 5.74) is 7.08. The summed E-state index contributed by atoms with van der Waals surface area (Å²) in [6, 6.07) is 8.68. The van der Waals surface area contributed by atoms with Gasteiger partial charge in [-0.15, -0.1) is 0 Å². The van der Waals surface area contributed by atoms with E-state index in [1.54, 1.807) is 0 Å². The maximum atomic E-state index is 5.76. The largest absolute Gasteiger partial charge is 0.493 e. The Kier molecular flexibility index (Phi) is 4.02. The van der Waals surface area contributed by atoms with Crippen molar-refractivity contribution in [1.82, 2.24) is 5.32 Å². The molecule has 0 saturated carbocycles. The summed E-state index contributed by atoms with van der Waals surface area (Å²) in [6.45, 7) is 6.80. The van der Waals surface area contributed by atoms with Crippen molar-refractivity contribution in [3.63, 3.8) is 0 Å². The van der Waals surface area contributed by atoms with E-state index < -0.39 is 0 Å². The summed E-state index contributed by atoms with van der Waals surface area (Å²) in [5, 5.41) is 3.55. The molecule has 1 aromatic rings. The van der Waals surface area contributed by atoms with Crippen molar-refractivity contribution in [2.45, 2.75) is 25.8 Å². The molecule has 0 aliphatic carbocycles. The molecule has 0 fully saturated rings. The summed E-state index contributed by atoms with van der Waals surface area (Å²) in [6.07, 6.45) is 0. The molecule has 1 aliphatic rings. The van der Waals surface area contributed by atoms with Gasteiger partial charge in [-0.1, -0.05) is 32.0 Å². The molecule has 0 amide bonds. The van der Waals surface area contributed by atoms with Crippen LogP contribution in [0.3, 0.4) is 0 Å². The Hall–Kier alpha value is -1.06. The molecule has 3 heteroatoms.